The molecule has 0 aliphatic rings. The molecular formula is C12H12F18K2O10S2. The summed E-state index contributed by atoms with van der Waals surface area (Å²) in [4.78, 5) is 0. The normalized spacial score (nSPS) is 12.3. The monoisotopic (exact) mass is 800 g/mol. The summed E-state index contributed by atoms with van der Waals surface area (Å²) in [7, 11) is -11.3. The first-order valence-corrected chi connectivity index (χ1v) is 9.79. The summed E-state index contributed by atoms with van der Waals surface area (Å²) in [6.45, 7) is 4.26. The number of halogens is 18. The maximum absolute atomic E-state index is 12.2. The van der Waals surface area contributed by atoms with E-state index in [0.717, 1.165) is 0 Å². The Hall–Kier alpha value is 1.15. The molecule has 0 amide bonds. The van der Waals surface area contributed by atoms with Crippen LogP contribution >= 0.6 is 0 Å². The second kappa shape index (κ2) is 23.5. The Kier molecular flexibility index (Phi) is 34.1. The van der Waals surface area contributed by atoms with Gasteiger partial charge in [0.25, 0.3) is 22.7 Å². The third kappa shape index (κ3) is 47.6. The van der Waals surface area contributed by atoms with Crippen LogP contribution in [-0.2, 0) is 39.4 Å². The molecule has 0 aromatic rings. The average Bonchev–Trinajstić information content (AvgIpc) is 2.43. The molecular weight excluding hydrogens is 788 g/mol. The molecule has 0 aliphatic carbocycles. The van der Waals surface area contributed by atoms with Gasteiger partial charge in [-0.3, -0.25) is 0 Å². The van der Waals surface area contributed by atoms with Crippen molar-refractivity contribution < 1.29 is 226 Å². The molecule has 0 atom stereocenters. The van der Waals surface area contributed by atoms with E-state index in [1.165, 1.54) is 0 Å². The number of ether oxygens (including phenoxy) is 3. The topological polar surface area (TPSA) is 151 Å². The largest absolute Gasteiger partial charge is 1.00 e. The van der Waals surface area contributed by atoms with Gasteiger partial charge in [0.1, 0.15) is 0 Å². The molecule has 0 saturated heterocycles. The third-order valence-electron chi connectivity index (χ3n) is 1.58. The Balaban J connectivity index is -0.0000000763. The van der Waals surface area contributed by atoms with Gasteiger partial charge in [-0.1, -0.05) is 25.3 Å². The number of alkyl halides is 13. The van der Waals surface area contributed by atoms with Gasteiger partial charge >= 0.3 is 144 Å². The van der Waals surface area contributed by atoms with Crippen molar-refractivity contribution in [1.82, 2.24) is 0 Å². The molecule has 0 N–H and O–H groups in total. The molecule has 0 radical (unpaired) electrons. The average molecular weight is 801 g/mol. The van der Waals surface area contributed by atoms with Crippen molar-refractivity contribution in [2.24, 2.45) is 0 Å². The number of rotatable bonds is 9. The van der Waals surface area contributed by atoms with Crippen LogP contribution in [0.1, 0.15) is 14.9 Å². The van der Waals surface area contributed by atoms with E-state index in [1.807, 2.05) is 6.58 Å². The Morgan fingerprint density at radius 3 is 1.05 bits per heavy atom. The van der Waals surface area contributed by atoms with Gasteiger partial charge in [0.05, 0.1) is 0 Å². The first kappa shape index (κ1) is 63.8. The fourth-order valence-electron chi connectivity index (χ4n) is 0.694. The summed E-state index contributed by atoms with van der Waals surface area (Å²) in [5.74, 6) is -2.39. The summed E-state index contributed by atoms with van der Waals surface area (Å²) in [5, 5.41) is 9.40. The van der Waals surface area contributed by atoms with E-state index < -0.39 is 70.2 Å². The van der Waals surface area contributed by atoms with Crippen molar-refractivity contribution in [2.45, 2.75) is 52.1 Å². The Morgan fingerprint density at radius 1 is 0.636 bits per heavy atom. The molecule has 0 spiro atoms. The minimum absolute atomic E-state index is 0. The van der Waals surface area contributed by atoms with E-state index in [2.05, 4.69) is 10.8 Å². The number of hydrogen-bond acceptors (Lipinski definition) is 10. The molecule has 0 aliphatic heterocycles. The Morgan fingerprint density at radius 2 is 0.886 bits per heavy atom. The Labute approximate surface area is 320 Å². The van der Waals surface area contributed by atoms with Crippen LogP contribution in [0.25, 0.3) is 0 Å². The molecule has 0 unspecified atom stereocenters. The van der Waals surface area contributed by atoms with Crippen LogP contribution < -0.4 is 108 Å². The van der Waals surface area contributed by atoms with Gasteiger partial charge in [0.2, 0.25) is 0 Å². The van der Waals surface area contributed by atoms with E-state index in [-0.39, 0.29) is 118 Å². The van der Waals surface area contributed by atoms with E-state index >= 15 is 0 Å². The van der Waals surface area contributed by atoms with Crippen LogP contribution in [0.4, 0.5) is 78.0 Å². The predicted octanol–water partition coefficient (Wildman–Crippen LogP) is -0.411. The van der Waals surface area contributed by atoms with Gasteiger partial charge < -0.3 is 9.66 Å². The van der Waals surface area contributed by atoms with Crippen LogP contribution in [-0.4, -0.2) is 58.7 Å². The maximum atomic E-state index is 12.2. The van der Waals surface area contributed by atoms with Crippen LogP contribution in [0.15, 0.2) is 25.1 Å². The zero-order valence-electron chi connectivity index (χ0n) is 19.1. The van der Waals surface area contributed by atoms with E-state index in [9.17, 15) is 91.5 Å². The molecule has 0 bridgehead atoms. The van der Waals surface area contributed by atoms with Crippen molar-refractivity contribution >= 4 is 21.0 Å². The van der Waals surface area contributed by atoms with Gasteiger partial charge in [-0.25, -0.2) is 31.1 Å². The molecule has 0 aromatic carbocycles. The van der Waals surface area contributed by atoms with Crippen LogP contribution in [0.5, 0.6) is 0 Å². The van der Waals surface area contributed by atoms with Gasteiger partial charge in [-0.2, -0.15) is 43.7 Å². The SMILES string of the molecule is C.C.C=C(F)C(F)(F)OS(=O)(=O)F.C=C(F)F.O=S(=O)([O-])F.[K+].[K+].[O-]C(F)(F)C(F)(F)OC(F)(F)OC(F)(F)OC(F)(F)F. The molecule has 0 rings (SSSR count). The van der Waals surface area contributed by atoms with Gasteiger partial charge in [0.15, 0.2) is 5.83 Å². The molecule has 260 valence electrons. The van der Waals surface area contributed by atoms with Crippen molar-refractivity contribution in [3.8, 4) is 0 Å². The summed E-state index contributed by atoms with van der Waals surface area (Å²) < 4.78 is 257. The predicted molar refractivity (Wildman–Crippen MR) is 91.0 cm³/mol. The maximum Gasteiger partial charge on any atom is 1.00 e. The zero-order chi connectivity index (χ0) is 34.0. The molecule has 0 heterocycles. The molecule has 0 aromatic heterocycles. The van der Waals surface area contributed by atoms with E-state index in [1.54, 1.807) is 14.2 Å². The first-order valence-electron chi connectivity index (χ1n) is 7.17. The molecule has 44 heavy (non-hydrogen) atoms. The minimum atomic E-state index is -6.56. The van der Waals surface area contributed by atoms with Gasteiger partial charge in [-0.05, 0) is 6.58 Å². The Bertz CT molecular complexity index is 1020. The van der Waals surface area contributed by atoms with Crippen LogP contribution in [0.3, 0.4) is 0 Å². The first-order chi connectivity index (χ1) is 16.8. The van der Waals surface area contributed by atoms with E-state index in [4.69, 9.17) is 13.0 Å². The summed E-state index contributed by atoms with van der Waals surface area (Å²) in [6, 6.07) is 0. The van der Waals surface area contributed by atoms with Crippen molar-refractivity contribution in [3.05, 3.63) is 25.1 Å². The standard InChI is InChI=1S/C5F11O4.C3H2F4O3S.C2H2F2.2CH4.FHO3S.2K/c6-1(7,17)2(8,9)18-4(13,14)20-5(15,16)19-3(10,11)12;1-2(4)3(5,6)10-11(7,8)9;1-2(3)4;;;1-5(2,3)4;;/h;1H2;1H2;2*1H4;(H,2,3,4);;/q-1;;;;;;2*+1/p-1. The molecule has 32 heteroatoms. The summed E-state index contributed by atoms with van der Waals surface area (Å²) in [5.41, 5.74) is 0. The second-order valence-corrected chi connectivity index (χ2v) is 6.58. The summed E-state index contributed by atoms with van der Waals surface area (Å²) in [6.07, 6.45) is -38.7. The van der Waals surface area contributed by atoms with Crippen molar-refractivity contribution in [3.63, 3.8) is 0 Å². The second-order valence-electron chi connectivity index (χ2n) is 4.84. The smallest absolute Gasteiger partial charge is 0.791 e. The quantitative estimate of drug-likeness (QED) is 0.0991. The minimum Gasteiger partial charge on any atom is -0.791 e. The number of hydrogen-bond donors (Lipinski definition) is 0. The van der Waals surface area contributed by atoms with E-state index in [0.29, 0.717) is 0 Å². The molecule has 0 saturated carbocycles. The third-order valence-corrected chi connectivity index (χ3v) is 1.99. The van der Waals surface area contributed by atoms with Gasteiger partial charge in [-0.15, -0.1) is 34.6 Å². The fraction of sp³-hybridized carbons (Fsp3) is 0.667. The molecule has 10 nitrogen and oxygen atoms in total. The fourth-order valence-corrected chi connectivity index (χ4v) is 1.03. The molecule has 0 fully saturated rings. The van der Waals surface area contributed by atoms with Crippen molar-refractivity contribution in [1.29, 1.82) is 0 Å². The zero-order valence-corrected chi connectivity index (χ0v) is 27.0. The van der Waals surface area contributed by atoms with Crippen molar-refractivity contribution in [2.75, 3.05) is 0 Å². The summed E-state index contributed by atoms with van der Waals surface area (Å²) >= 11 is 0. The van der Waals surface area contributed by atoms with Crippen LogP contribution in [0, 0.1) is 0 Å². The van der Waals surface area contributed by atoms with Crippen LogP contribution in [0.2, 0.25) is 0 Å². The van der Waals surface area contributed by atoms with Gasteiger partial charge in [0, 0.05) is 0 Å².